The maximum absolute atomic E-state index is 9.94. The molecule has 4 rings (SSSR count). The van der Waals surface area contributed by atoms with E-state index >= 15 is 0 Å². The van der Waals surface area contributed by atoms with Gasteiger partial charge in [0.15, 0.2) is 0 Å². The molecule has 0 N–H and O–H groups in total. The van der Waals surface area contributed by atoms with E-state index in [9.17, 15) is 14.4 Å². The predicted molar refractivity (Wildman–Crippen MR) is 122 cm³/mol. The molecule has 3 aromatic carbocycles. The molecule has 3 aromatic rings. The van der Waals surface area contributed by atoms with Crippen molar-refractivity contribution in [2.24, 2.45) is 15.0 Å². The third kappa shape index (κ3) is 8.67. The molecule has 2 atom stereocenters. The molecule has 1 saturated carbocycles. The Morgan fingerprint density at radius 1 is 0.710 bits per heavy atom. The first-order chi connectivity index (χ1) is 15.2. The van der Waals surface area contributed by atoms with Crippen molar-refractivity contribution in [2.75, 3.05) is 0 Å². The van der Waals surface area contributed by atoms with Crippen LogP contribution >= 0.6 is 15.9 Å². The van der Waals surface area contributed by atoms with Crippen molar-refractivity contribution in [1.82, 2.24) is 0 Å². The zero-order valence-corrected chi connectivity index (χ0v) is 18.0. The van der Waals surface area contributed by atoms with Crippen LogP contribution in [0.4, 0.5) is 11.4 Å². The van der Waals surface area contributed by atoms with E-state index in [4.69, 9.17) is 0 Å². The lowest BCUT2D eigenvalue weighted by Crippen LogP contribution is -1.82. The van der Waals surface area contributed by atoms with E-state index in [1.54, 1.807) is 30.3 Å². The van der Waals surface area contributed by atoms with E-state index in [0.717, 1.165) is 10.9 Å². The first-order valence-corrected chi connectivity index (χ1v) is 10.1. The summed E-state index contributed by atoms with van der Waals surface area (Å²) in [6.07, 6.45) is 5.53. The van der Waals surface area contributed by atoms with Gasteiger partial charge in [-0.05, 0) is 52.2 Å². The van der Waals surface area contributed by atoms with Gasteiger partial charge in [-0.3, -0.25) is 0 Å². The Bertz CT molecular complexity index is 1100. The molecule has 0 bridgehead atoms. The highest BCUT2D eigenvalue weighted by molar-refractivity contribution is 9.10. The summed E-state index contributed by atoms with van der Waals surface area (Å²) < 4.78 is 0.804. The van der Waals surface area contributed by atoms with Crippen molar-refractivity contribution in [3.63, 3.8) is 0 Å². The Hall–Kier alpha value is -3.72. The van der Waals surface area contributed by atoms with Crippen LogP contribution in [0, 0.1) is 0 Å². The van der Waals surface area contributed by atoms with Gasteiger partial charge in [-0.2, -0.15) is 9.98 Å². The van der Waals surface area contributed by atoms with Crippen molar-refractivity contribution < 1.29 is 14.4 Å². The second-order valence-electron chi connectivity index (χ2n) is 6.23. The van der Waals surface area contributed by atoms with E-state index < -0.39 is 0 Å². The lowest BCUT2D eigenvalue weighted by atomic mass is 10.1. The van der Waals surface area contributed by atoms with Crippen molar-refractivity contribution in [3.8, 4) is 0 Å². The molecule has 6 nitrogen and oxygen atoms in total. The Kier molecular flexibility index (Phi) is 10.3. The molecular formula is C24H18BrN3O3. The molecule has 1 fully saturated rings. The normalized spacial score (nSPS) is 15.1. The smallest absolute Gasteiger partial charge is 0.211 e. The van der Waals surface area contributed by atoms with Crippen molar-refractivity contribution >= 4 is 45.5 Å². The molecule has 0 spiro atoms. The fourth-order valence-corrected chi connectivity index (χ4v) is 2.97. The van der Waals surface area contributed by atoms with Gasteiger partial charge in [0.05, 0.1) is 17.4 Å². The zero-order chi connectivity index (χ0) is 22.3. The van der Waals surface area contributed by atoms with Crippen LogP contribution < -0.4 is 0 Å². The van der Waals surface area contributed by atoms with E-state index in [2.05, 4.69) is 43.0 Å². The molecule has 2 unspecified atom stereocenters. The first kappa shape index (κ1) is 23.6. The summed E-state index contributed by atoms with van der Waals surface area (Å²) in [5.41, 5.74) is 2.53. The number of halogens is 1. The number of isocyanates is 3. The van der Waals surface area contributed by atoms with Gasteiger partial charge in [-0.15, -0.1) is 0 Å². The van der Waals surface area contributed by atoms with Crippen LogP contribution in [0.15, 0.2) is 104 Å². The predicted octanol–water partition coefficient (Wildman–Crippen LogP) is 5.95. The van der Waals surface area contributed by atoms with Gasteiger partial charge in [0.2, 0.25) is 18.2 Å². The second kappa shape index (κ2) is 13.5. The molecule has 0 heterocycles. The fourth-order valence-electron chi connectivity index (χ4n) is 2.60. The van der Waals surface area contributed by atoms with Crippen LogP contribution in [0.1, 0.15) is 17.9 Å². The Labute approximate surface area is 188 Å². The minimum atomic E-state index is 0.199. The molecule has 1 aliphatic rings. The number of hydrogen-bond donors (Lipinski definition) is 0. The number of rotatable bonds is 4. The monoisotopic (exact) mass is 475 g/mol. The molecule has 0 saturated heterocycles. The Morgan fingerprint density at radius 2 is 1.29 bits per heavy atom. The summed E-state index contributed by atoms with van der Waals surface area (Å²) >= 11 is 3.22. The van der Waals surface area contributed by atoms with Crippen molar-refractivity contribution in [1.29, 1.82) is 0 Å². The summed E-state index contributed by atoms with van der Waals surface area (Å²) in [7, 11) is 0. The SMILES string of the molecule is O=C=NC1CC1c1ccccc1.O=C=Nc1ccccc1.O=C=Nc1ccccc1Br. The summed E-state index contributed by atoms with van der Waals surface area (Å²) in [5, 5.41) is 0. The fraction of sp³-hybridized carbons (Fsp3) is 0.125. The second-order valence-corrected chi connectivity index (χ2v) is 7.09. The van der Waals surface area contributed by atoms with Gasteiger partial charge in [-0.1, -0.05) is 60.7 Å². The van der Waals surface area contributed by atoms with Crippen molar-refractivity contribution in [3.05, 3.63) is 95.0 Å². The summed E-state index contributed by atoms with van der Waals surface area (Å²) in [6.45, 7) is 0. The van der Waals surface area contributed by atoms with Crippen LogP contribution in [0.25, 0.3) is 0 Å². The molecule has 31 heavy (non-hydrogen) atoms. The standard InChI is InChI=1S/C10H9NO.C7H4BrNO.C7H5NO/c12-7-11-10-6-9(10)8-4-2-1-3-5-8;8-6-3-1-2-4-7(6)9-5-10;9-6-8-7-4-2-1-3-5-7/h1-5,9-10H,6H2;1-4H;1-5H. The third-order valence-corrected chi connectivity index (χ3v) is 4.82. The van der Waals surface area contributed by atoms with E-state index in [1.165, 1.54) is 17.7 Å². The molecule has 0 aliphatic heterocycles. The molecule has 0 radical (unpaired) electrons. The number of benzene rings is 3. The summed E-state index contributed by atoms with van der Waals surface area (Å²) in [6, 6.07) is 26.5. The quantitative estimate of drug-likeness (QED) is 0.344. The van der Waals surface area contributed by atoms with Crippen LogP contribution in [0.2, 0.25) is 0 Å². The highest BCUT2D eigenvalue weighted by Crippen LogP contribution is 2.42. The highest BCUT2D eigenvalue weighted by atomic mass is 79.9. The maximum Gasteiger partial charge on any atom is 0.240 e. The topological polar surface area (TPSA) is 88.3 Å². The average molecular weight is 476 g/mol. The lowest BCUT2D eigenvalue weighted by Gasteiger charge is -1.94. The Balaban J connectivity index is 0.000000167. The van der Waals surface area contributed by atoms with Crippen molar-refractivity contribution in [2.45, 2.75) is 18.4 Å². The summed E-state index contributed by atoms with van der Waals surface area (Å²) in [4.78, 5) is 40.0. The third-order valence-electron chi connectivity index (χ3n) is 4.15. The van der Waals surface area contributed by atoms with E-state index in [1.807, 2.05) is 48.5 Å². The van der Waals surface area contributed by atoms with Crippen LogP contribution in [-0.4, -0.2) is 24.3 Å². The van der Waals surface area contributed by atoms with Gasteiger partial charge in [0.1, 0.15) is 0 Å². The minimum Gasteiger partial charge on any atom is -0.211 e. The van der Waals surface area contributed by atoms with Gasteiger partial charge >= 0.3 is 0 Å². The van der Waals surface area contributed by atoms with Gasteiger partial charge in [0.25, 0.3) is 0 Å². The molecule has 0 amide bonds. The van der Waals surface area contributed by atoms with Crippen LogP contribution in [-0.2, 0) is 14.4 Å². The minimum absolute atomic E-state index is 0.199. The molecule has 0 aromatic heterocycles. The largest absolute Gasteiger partial charge is 0.240 e. The summed E-state index contributed by atoms with van der Waals surface area (Å²) in [5.74, 6) is 0.465. The molecule has 7 heteroatoms. The number of carbonyl (C=O) groups excluding carboxylic acids is 3. The Morgan fingerprint density at radius 3 is 1.87 bits per heavy atom. The maximum atomic E-state index is 9.94. The lowest BCUT2D eigenvalue weighted by molar-refractivity contribution is 0.562. The van der Waals surface area contributed by atoms with Gasteiger partial charge < -0.3 is 0 Å². The number of hydrogen-bond acceptors (Lipinski definition) is 6. The van der Waals surface area contributed by atoms with E-state index in [-0.39, 0.29) is 6.04 Å². The van der Waals surface area contributed by atoms with Crippen LogP contribution in [0.5, 0.6) is 0 Å². The number of para-hydroxylation sites is 2. The van der Waals surface area contributed by atoms with Gasteiger partial charge in [0, 0.05) is 10.4 Å². The number of aliphatic imine (C=N–C) groups is 3. The molecule has 154 valence electrons. The average Bonchev–Trinajstić information content (AvgIpc) is 3.58. The number of nitrogens with zero attached hydrogens (tertiary/aromatic N) is 3. The van der Waals surface area contributed by atoms with E-state index in [0.29, 0.717) is 17.3 Å². The first-order valence-electron chi connectivity index (χ1n) is 9.26. The van der Waals surface area contributed by atoms with Gasteiger partial charge in [-0.25, -0.2) is 19.4 Å². The zero-order valence-electron chi connectivity index (χ0n) is 16.4. The molecule has 1 aliphatic carbocycles. The molecular weight excluding hydrogens is 458 g/mol. The highest BCUT2D eigenvalue weighted by Gasteiger charge is 2.38. The van der Waals surface area contributed by atoms with Crippen LogP contribution in [0.3, 0.4) is 0 Å².